The number of esters is 2. The predicted octanol–water partition coefficient (Wildman–Crippen LogP) is -0.126. The normalized spacial score (nSPS) is 8.62. The number of hydrogen-bond donors (Lipinski definition) is 0. The van der Waals surface area contributed by atoms with Crippen LogP contribution in [0.2, 0.25) is 0 Å². The van der Waals surface area contributed by atoms with Crippen LogP contribution in [0, 0.1) is 22.7 Å². The maximum Gasteiger partial charge on any atom is 0.322 e. The van der Waals surface area contributed by atoms with Crippen LogP contribution in [0.1, 0.15) is 12.8 Å². The van der Waals surface area contributed by atoms with Crippen molar-refractivity contribution in [1.82, 2.24) is 0 Å². The molecule has 0 aliphatic heterocycles. The maximum atomic E-state index is 10.6. The molecule has 16 heavy (non-hydrogen) atoms. The lowest BCUT2D eigenvalue weighted by molar-refractivity contribution is -0.158. The Morgan fingerprint density at radius 2 is 1.50 bits per heavy atom. The van der Waals surface area contributed by atoms with Gasteiger partial charge in [-0.25, -0.2) is 0 Å². The van der Waals surface area contributed by atoms with Crippen LogP contribution in [0.25, 0.3) is 0 Å². The Morgan fingerprint density at radius 3 is 2.06 bits per heavy atom. The van der Waals surface area contributed by atoms with Crippen LogP contribution in [0.4, 0.5) is 0 Å². The molecule has 0 N–H and O–H groups in total. The fraction of sp³-hybridized carbons (Fsp3) is 0.556. The summed E-state index contributed by atoms with van der Waals surface area (Å²) in [6.07, 6.45) is -0.641. The van der Waals surface area contributed by atoms with Gasteiger partial charge in [-0.05, 0) is 0 Å². The van der Waals surface area contributed by atoms with E-state index in [-0.39, 0.29) is 32.8 Å². The van der Waals surface area contributed by atoms with Crippen molar-refractivity contribution >= 4 is 11.9 Å². The summed E-state index contributed by atoms with van der Waals surface area (Å²) in [5.41, 5.74) is 0. The molecule has 0 aromatic carbocycles. The van der Waals surface area contributed by atoms with E-state index < -0.39 is 11.9 Å². The Bertz CT molecular complexity index is 283. The zero-order chi connectivity index (χ0) is 12.2. The molecule has 0 atom stereocenters. The summed E-state index contributed by atoms with van der Waals surface area (Å²) in [7, 11) is 0. The van der Waals surface area contributed by atoms with Gasteiger partial charge in [0.2, 0.25) is 0 Å². The Balaban J connectivity index is 3.29. The molecule has 0 saturated carbocycles. The van der Waals surface area contributed by atoms with Crippen LogP contribution in [-0.2, 0) is 23.8 Å². The van der Waals surface area contributed by atoms with Crippen molar-refractivity contribution in [2.75, 3.05) is 20.0 Å². The number of nitriles is 2. The third-order valence-electron chi connectivity index (χ3n) is 1.24. The van der Waals surface area contributed by atoms with Crippen molar-refractivity contribution in [2.24, 2.45) is 0 Å². The minimum Gasteiger partial charge on any atom is -0.462 e. The first-order valence-corrected chi connectivity index (χ1v) is 4.33. The van der Waals surface area contributed by atoms with Gasteiger partial charge in [0.05, 0.1) is 18.7 Å². The summed E-state index contributed by atoms with van der Waals surface area (Å²) in [6, 6.07) is 3.25. The highest BCUT2D eigenvalue weighted by Crippen LogP contribution is 1.87. The molecule has 0 radical (unpaired) electrons. The van der Waals surface area contributed by atoms with Crippen LogP contribution in [-0.4, -0.2) is 31.9 Å². The molecule has 0 fully saturated rings. The molecular weight excluding hydrogens is 216 g/mol. The van der Waals surface area contributed by atoms with E-state index in [0.717, 1.165) is 0 Å². The van der Waals surface area contributed by atoms with Crippen molar-refractivity contribution < 1.29 is 23.8 Å². The van der Waals surface area contributed by atoms with Gasteiger partial charge >= 0.3 is 11.9 Å². The maximum absolute atomic E-state index is 10.6. The monoisotopic (exact) mass is 226 g/mol. The van der Waals surface area contributed by atoms with E-state index in [1.165, 1.54) is 0 Å². The molecule has 0 spiro atoms. The average molecular weight is 226 g/mol. The molecule has 86 valence electrons. The minimum atomic E-state index is -0.677. The van der Waals surface area contributed by atoms with E-state index >= 15 is 0 Å². The van der Waals surface area contributed by atoms with E-state index in [1.807, 2.05) is 0 Å². The molecule has 0 bridgehead atoms. The molecule has 0 heterocycles. The van der Waals surface area contributed by atoms with Crippen LogP contribution < -0.4 is 0 Å². The fourth-order valence-corrected chi connectivity index (χ4v) is 0.612. The van der Waals surface area contributed by atoms with E-state index in [2.05, 4.69) is 9.47 Å². The fourth-order valence-electron chi connectivity index (χ4n) is 0.612. The molecule has 0 saturated heterocycles. The molecule has 0 aromatic heterocycles. The van der Waals surface area contributed by atoms with Gasteiger partial charge in [0.1, 0.15) is 19.4 Å². The molecule has 7 nitrogen and oxygen atoms in total. The molecule has 7 heteroatoms. The average Bonchev–Trinajstić information content (AvgIpc) is 2.24. The van der Waals surface area contributed by atoms with E-state index in [4.69, 9.17) is 15.3 Å². The number of hydrogen-bond acceptors (Lipinski definition) is 7. The zero-order valence-corrected chi connectivity index (χ0v) is 8.47. The van der Waals surface area contributed by atoms with Crippen molar-refractivity contribution in [2.45, 2.75) is 12.8 Å². The second-order valence-electron chi connectivity index (χ2n) is 2.43. The number of nitrogens with zero attached hydrogens (tertiary/aromatic N) is 2. The third kappa shape index (κ3) is 8.48. The molecule has 0 amide bonds. The highest BCUT2D eigenvalue weighted by atomic mass is 16.7. The van der Waals surface area contributed by atoms with Gasteiger partial charge in [0.25, 0.3) is 0 Å². The van der Waals surface area contributed by atoms with Crippen molar-refractivity contribution in [3.05, 3.63) is 0 Å². The number of ether oxygens (including phenoxy) is 3. The first-order valence-electron chi connectivity index (χ1n) is 4.33. The summed E-state index contributed by atoms with van der Waals surface area (Å²) < 4.78 is 13.8. The second-order valence-corrected chi connectivity index (χ2v) is 2.43. The molecule has 0 aliphatic carbocycles. The third-order valence-corrected chi connectivity index (χ3v) is 1.24. The van der Waals surface area contributed by atoms with Gasteiger partial charge in [-0.2, -0.15) is 10.5 Å². The predicted molar refractivity (Wildman–Crippen MR) is 48.3 cm³/mol. The van der Waals surface area contributed by atoms with Gasteiger partial charge in [-0.15, -0.1) is 0 Å². The van der Waals surface area contributed by atoms with Crippen LogP contribution >= 0.6 is 0 Å². The molecule has 0 rings (SSSR count). The Labute approximate surface area is 92.1 Å². The number of carbonyl (C=O) groups is 2. The van der Waals surface area contributed by atoms with Crippen molar-refractivity contribution in [3.8, 4) is 12.1 Å². The van der Waals surface area contributed by atoms with Gasteiger partial charge in [0, 0.05) is 0 Å². The molecule has 0 unspecified atom stereocenters. The van der Waals surface area contributed by atoms with Crippen LogP contribution in [0.15, 0.2) is 0 Å². The Kier molecular flexibility index (Phi) is 8.19. The van der Waals surface area contributed by atoms with E-state index in [1.54, 1.807) is 12.1 Å². The largest absolute Gasteiger partial charge is 0.462 e. The lowest BCUT2D eigenvalue weighted by Crippen LogP contribution is -2.13. The van der Waals surface area contributed by atoms with E-state index in [0.29, 0.717) is 0 Å². The Morgan fingerprint density at radius 1 is 0.938 bits per heavy atom. The summed E-state index contributed by atoms with van der Waals surface area (Å²) in [5, 5.41) is 16.2. The van der Waals surface area contributed by atoms with E-state index in [9.17, 15) is 9.59 Å². The van der Waals surface area contributed by atoms with Crippen LogP contribution in [0.3, 0.4) is 0 Å². The van der Waals surface area contributed by atoms with Crippen molar-refractivity contribution in [3.63, 3.8) is 0 Å². The zero-order valence-electron chi connectivity index (χ0n) is 8.47. The Hall–Kier alpha value is -2.12. The summed E-state index contributed by atoms with van der Waals surface area (Å²) >= 11 is 0. The number of rotatable bonds is 7. The standard InChI is InChI=1S/C9H10N2O5/c10-3-1-8(12)15-6-5-14-7-16-9(13)2-4-11/h1-2,5-7H2. The van der Waals surface area contributed by atoms with Gasteiger partial charge in [0.15, 0.2) is 6.79 Å². The topological polar surface area (TPSA) is 109 Å². The first kappa shape index (κ1) is 13.9. The van der Waals surface area contributed by atoms with Crippen molar-refractivity contribution in [1.29, 1.82) is 10.5 Å². The smallest absolute Gasteiger partial charge is 0.322 e. The highest BCUT2D eigenvalue weighted by Gasteiger charge is 2.02. The SMILES string of the molecule is N#CCC(=O)OCCOCOC(=O)CC#N. The summed E-state index contributed by atoms with van der Waals surface area (Å²) in [5.74, 6) is -1.31. The van der Waals surface area contributed by atoms with Gasteiger partial charge in [-0.1, -0.05) is 0 Å². The lowest BCUT2D eigenvalue weighted by Gasteiger charge is -2.04. The molecule has 0 aliphatic rings. The summed E-state index contributed by atoms with van der Waals surface area (Å²) in [4.78, 5) is 21.3. The summed E-state index contributed by atoms with van der Waals surface area (Å²) in [6.45, 7) is -0.260. The molecular formula is C9H10N2O5. The minimum absolute atomic E-state index is 0.0175. The van der Waals surface area contributed by atoms with Gasteiger partial charge < -0.3 is 14.2 Å². The van der Waals surface area contributed by atoms with Crippen LogP contribution in [0.5, 0.6) is 0 Å². The highest BCUT2D eigenvalue weighted by molar-refractivity contribution is 5.72. The second kappa shape index (κ2) is 9.44. The first-order chi connectivity index (χ1) is 7.70. The lowest BCUT2D eigenvalue weighted by atomic mass is 10.5. The van der Waals surface area contributed by atoms with Gasteiger partial charge in [-0.3, -0.25) is 9.59 Å². The molecule has 0 aromatic rings. The quantitative estimate of drug-likeness (QED) is 0.338. The number of carbonyl (C=O) groups excluding carboxylic acids is 2.